The van der Waals surface area contributed by atoms with E-state index in [1.807, 2.05) is 48.2 Å². The van der Waals surface area contributed by atoms with E-state index < -0.39 is 9.84 Å². The van der Waals surface area contributed by atoms with Gasteiger partial charge in [0.25, 0.3) is 0 Å². The van der Waals surface area contributed by atoms with Gasteiger partial charge in [0, 0.05) is 31.6 Å². The van der Waals surface area contributed by atoms with Crippen molar-refractivity contribution in [2.45, 2.75) is 42.4 Å². The van der Waals surface area contributed by atoms with Gasteiger partial charge in [0.2, 0.25) is 21.7 Å². The Labute approximate surface area is 251 Å². The molecule has 0 N–H and O–H groups in total. The Morgan fingerprint density at radius 2 is 1.16 bits per heavy atom. The molecule has 0 saturated carbocycles. The molecule has 9 heteroatoms. The molecule has 220 valence electrons. The molecule has 0 atom stereocenters. The number of benzene rings is 4. The van der Waals surface area contributed by atoms with Crippen molar-refractivity contribution in [3.05, 3.63) is 90.5 Å². The molecule has 0 radical (unpaired) electrons. The predicted octanol–water partition coefficient (Wildman–Crippen LogP) is 6.55. The van der Waals surface area contributed by atoms with Crippen molar-refractivity contribution >= 4 is 33.0 Å². The highest BCUT2D eigenvalue weighted by molar-refractivity contribution is 7.91. The van der Waals surface area contributed by atoms with Crippen molar-refractivity contribution in [2.75, 3.05) is 30.0 Å². The summed E-state index contributed by atoms with van der Waals surface area (Å²) in [5, 5.41) is 0. The zero-order valence-electron chi connectivity index (χ0n) is 24.1. The van der Waals surface area contributed by atoms with Crippen LogP contribution in [0, 0.1) is 6.92 Å². The van der Waals surface area contributed by atoms with Gasteiger partial charge in [-0.25, -0.2) is 8.42 Å². The minimum atomic E-state index is -3.72. The molecule has 0 aromatic heterocycles. The fourth-order valence-corrected chi connectivity index (χ4v) is 6.85. The summed E-state index contributed by atoms with van der Waals surface area (Å²) in [6, 6.07) is 24.3. The molecule has 0 bridgehead atoms. The van der Waals surface area contributed by atoms with E-state index in [1.54, 1.807) is 29.2 Å². The number of carbonyl (C=O) groups is 2. The van der Waals surface area contributed by atoms with Crippen molar-refractivity contribution < 1.29 is 27.5 Å². The number of carbonyl (C=O) groups excluding carboxylic acids is 2. The van der Waals surface area contributed by atoms with Crippen molar-refractivity contribution in [3.63, 3.8) is 0 Å². The summed E-state index contributed by atoms with van der Waals surface area (Å²) < 4.78 is 37.7. The third-order valence-electron chi connectivity index (χ3n) is 7.96. The zero-order chi connectivity index (χ0) is 30.1. The van der Waals surface area contributed by atoms with Crippen molar-refractivity contribution in [2.24, 2.45) is 0 Å². The number of nitrogens with zero attached hydrogens (tertiary/aromatic N) is 2. The zero-order valence-corrected chi connectivity index (χ0v) is 24.9. The second-order valence-corrected chi connectivity index (χ2v) is 12.7. The Balaban J connectivity index is 1.30. The molecule has 2 fully saturated rings. The monoisotopic (exact) mass is 596 g/mol. The van der Waals surface area contributed by atoms with Crippen LogP contribution in [0.2, 0.25) is 0 Å². The molecule has 6 rings (SSSR count). The lowest BCUT2D eigenvalue weighted by Gasteiger charge is -2.22. The summed E-state index contributed by atoms with van der Waals surface area (Å²) in [5.74, 6) is 1.67. The molecular formula is C34H32N2O6S. The van der Waals surface area contributed by atoms with Gasteiger partial charge in [-0.3, -0.25) is 9.59 Å². The minimum absolute atomic E-state index is 0.0233. The van der Waals surface area contributed by atoms with Crippen molar-refractivity contribution in [1.29, 1.82) is 0 Å². The number of sulfone groups is 1. The van der Waals surface area contributed by atoms with Crippen LogP contribution in [-0.4, -0.2) is 40.4 Å². The van der Waals surface area contributed by atoms with Gasteiger partial charge < -0.3 is 19.3 Å². The highest BCUT2D eigenvalue weighted by atomic mass is 32.2. The van der Waals surface area contributed by atoms with Crippen LogP contribution >= 0.6 is 0 Å². The molecule has 2 heterocycles. The van der Waals surface area contributed by atoms with Crippen LogP contribution in [0.15, 0.2) is 94.7 Å². The molecule has 0 unspecified atom stereocenters. The molecule has 8 nitrogen and oxygen atoms in total. The minimum Gasteiger partial charge on any atom is -0.497 e. The molecule has 0 aliphatic carbocycles. The second-order valence-electron chi connectivity index (χ2n) is 10.7. The lowest BCUT2D eigenvalue weighted by Crippen LogP contribution is -2.24. The first-order valence-electron chi connectivity index (χ1n) is 14.3. The maximum Gasteiger partial charge on any atom is 0.227 e. The average Bonchev–Trinajstić information content (AvgIpc) is 3.65. The maximum absolute atomic E-state index is 13.1. The molecule has 4 aromatic carbocycles. The van der Waals surface area contributed by atoms with Gasteiger partial charge in [-0.1, -0.05) is 18.2 Å². The number of ether oxygens (including phenoxy) is 2. The summed E-state index contributed by atoms with van der Waals surface area (Å²) >= 11 is 0. The van der Waals surface area contributed by atoms with E-state index in [0.717, 1.165) is 35.2 Å². The molecular weight excluding hydrogens is 564 g/mol. The Kier molecular flexibility index (Phi) is 7.66. The highest BCUT2D eigenvalue weighted by Gasteiger charge is 2.27. The number of anilines is 2. The standard InChI is InChI=1S/C34H32N2O6S/c1-23-7-8-24(21-30(23)35-19-3-5-33(35)37)25-9-18-32(31(22-25)36-20-4-6-34(36)38)42-27-12-16-29(17-13-27)43(39,40)28-14-10-26(41-2)11-15-28/h7-18,21-22H,3-6,19-20H2,1-2H3. The lowest BCUT2D eigenvalue weighted by molar-refractivity contribution is -0.117. The van der Waals surface area contributed by atoms with E-state index in [9.17, 15) is 18.0 Å². The molecule has 4 aromatic rings. The van der Waals surface area contributed by atoms with E-state index in [1.165, 1.54) is 31.4 Å². The maximum atomic E-state index is 13.1. The molecule has 43 heavy (non-hydrogen) atoms. The summed E-state index contributed by atoms with van der Waals surface area (Å²) in [7, 11) is -2.20. The van der Waals surface area contributed by atoms with E-state index in [-0.39, 0.29) is 21.6 Å². The van der Waals surface area contributed by atoms with Crippen molar-refractivity contribution in [1.82, 2.24) is 0 Å². The predicted molar refractivity (Wildman–Crippen MR) is 165 cm³/mol. The molecule has 0 spiro atoms. The SMILES string of the molecule is COc1ccc(S(=O)(=O)c2ccc(Oc3ccc(-c4ccc(C)c(N5CCCC5=O)c4)cc3N3CCCC3=O)cc2)cc1. The first-order valence-corrected chi connectivity index (χ1v) is 15.8. The average molecular weight is 597 g/mol. The van der Waals surface area contributed by atoms with Crippen LogP contribution in [-0.2, 0) is 19.4 Å². The Morgan fingerprint density at radius 3 is 1.70 bits per heavy atom. The largest absolute Gasteiger partial charge is 0.497 e. The number of rotatable bonds is 8. The van der Waals surface area contributed by atoms with Crippen LogP contribution < -0.4 is 19.3 Å². The summed E-state index contributed by atoms with van der Waals surface area (Å²) in [5.41, 5.74) is 4.42. The van der Waals surface area contributed by atoms with Gasteiger partial charge in [-0.15, -0.1) is 0 Å². The molecule has 2 aliphatic heterocycles. The van der Waals surface area contributed by atoms with Crippen molar-refractivity contribution in [3.8, 4) is 28.4 Å². The molecule has 2 amide bonds. The van der Waals surface area contributed by atoms with E-state index in [0.29, 0.717) is 48.9 Å². The first kappa shape index (κ1) is 28.5. The second kappa shape index (κ2) is 11.6. The van der Waals surface area contributed by atoms with Gasteiger partial charge >= 0.3 is 0 Å². The van der Waals surface area contributed by atoms with Crippen LogP contribution in [0.3, 0.4) is 0 Å². The van der Waals surface area contributed by atoms with Gasteiger partial charge in [-0.05, 0) is 103 Å². The number of amides is 2. The van der Waals surface area contributed by atoms with Crippen LogP contribution in [0.1, 0.15) is 31.2 Å². The number of methoxy groups -OCH3 is 1. The molecule has 2 saturated heterocycles. The molecule has 2 aliphatic rings. The fourth-order valence-electron chi connectivity index (χ4n) is 5.58. The van der Waals surface area contributed by atoms with Crippen LogP contribution in [0.5, 0.6) is 17.2 Å². The normalized spacial score (nSPS) is 15.3. The van der Waals surface area contributed by atoms with Gasteiger partial charge in [0.05, 0.1) is 22.6 Å². The number of aryl methyl sites for hydroxylation is 1. The van der Waals surface area contributed by atoms with Gasteiger partial charge in [0.15, 0.2) is 5.75 Å². The number of hydrogen-bond acceptors (Lipinski definition) is 6. The Morgan fingerprint density at radius 1 is 0.651 bits per heavy atom. The smallest absolute Gasteiger partial charge is 0.227 e. The third-order valence-corrected chi connectivity index (χ3v) is 9.75. The first-order chi connectivity index (χ1) is 20.7. The van der Waals surface area contributed by atoms with E-state index in [4.69, 9.17) is 9.47 Å². The van der Waals surface area contributed by atoms with E-state index >= 15 is 0 Å². The quantitative estimate of drug-likeness (QED) is 0.229. The summed E-state index contributed by atoms with van der Waals surface area (Å²) in [6.07, 6.45) is 2.63. The van der Waals surface area contributed by atoms with Gasteiger partial charge in [-0.2, -0.15) is 0 Å². The van der Waals surface area contributed by atoms with Crippen LogP contribution in [0.4, 0.5) is 11.4 Å². The summed E-state index contributed by atoms with van der Waals surface area (Å²) in [4.78, 5) is 29.2. The van der Waals surface area contributed by atoms with Crippen LogP contribution in [0.25, 0.3) is 11.1 Å². The van der Waals surface area contributed by atoms with E-state index in [2.05, 4.69) is 0 Å². The number of hydrogen-bond donors (Lipinski definition) is 0. The fraction of sp³-hybridized carbons (Fsp3) is 0.235. The highest BCUT2D eigenvalue weighted by Crippen LogP contribution is 2.40. The third kappa shape index (κ3) is 5.60. The Hall–Kier alpha value is -4.63. The lowest BCUT2D eigenvalue weighted by atomic mass is 10.0. The van der Waals surface area contributed by atoms with Gasteiger partial charge in [0.1, 0.15) is 11.5 Å². The Bertz CT molecular complexity index is 1800. The topological polar surface area (TPSA) is 93.2 Å². The summed E-state index contributed by atoms with van der Waals surface area (Å²) in [6.45, 7) is 3.30.